The van der Waals surface area contributed by atoms with E-state index in [1.807, 2.05) is 0 Å². The fourth-order valence-electron chi connectivity index (χ4n) is 0.540. The zero-order valence-electron chi connectivity index (χ0n) is 6.49. The van der Waals surface area contributed by atoms with E-state index in [4.69, 9.17) is 0 Å². The molecule has 70 valence electrons. The molecule has 0 unspecified atom stereocenters. The normalized spacial score (nSPS) is 12.4. The van der Waals surface area contributed by atoms with E-state index in [0.717, 1.165) is 0 Å². The van der Waals surface area contributed by atoms with Crippen LogP contribution < -0.4 is 0 Å². The van der Waals surface area contributed by atoms with E-state index in [0.29, 0.717) is 13.1 Å². The molecule has 0 N–H and O–H groups in total. The number of rotatable bonds is 3. The van der Waals surface area contributed by atoms with Crippen LogP contribution in [0, 0.1) is 0 Å². The summed E-state index contributed by atoms with van der Waals surface area (Å²) < 4.78 is 31.2. The van der Waals surface area contributed by atoms with Crippen molar-refractivity contribution in [3.8, 4) is 0 Å². The van der Waals surface area contributed by atoms with Gasteiger partial charge in [0.15, 0.2) is 0 Å². The maximum Gasteiger partial charge on any atom is 0.254 e. The van der Waals surface area contributed by atoms with Crippen molar-refractivity contribution < 1.29 is 16.9 Å². The Balaban J connectivity index is 0. The third-order valence-corrected chi connectivity index (χ3v) is 3.47. The Morgan fingerprint density at radius 2 is 1.55 bits per heavy atom. The van der Waals surface area contributed by atoms with E-state index in [1.165, 1.54) is 7.05 Å². The van der Waals surface area contributed by atoms with Crippen LogP contribution in [0.4, 0.5) is 0 Å². The van der Waals surface area contributed by atoms with Crippen LogP contribution in [-0.4, -0.2) is 37.0 Å². The van der Waals surface area contributed by atoms with Crippen LogP contribution in [0.3, 0.4) is 0 Å². The van der Waals surface area contributed by atoms with Crippen LogP contribution in [0.2, 0.25) is 0 Å². The maximum atomic E-state index is 10.5. The summed E-state index contributed by atoms with van der Waals surface area (Å²) in [6, 6.07) is 0. The maximum absolute atomic E-state index is 10.5. The van der Waals surface area contributed by atoms with Gasteiger partial charge >= 0.3 is 0 Å². The first-order chi connectivity index (χ1) is 4.37. The number of nitrogens with zero attached hydrogens (tertiary/aromatic N) is 1. The molecule has 0 saturated heterocycles. The number of hydrogen-bond acceptors (Lipinski definition) is 3. The topological polar surface area (TPSA) is 57.2 Å². The van der Waals surface area contributed by atoms with Gasteiger partial charge in [-0.25, -0.2) is 3.89 Å². The summed E-state index contributed by atoms with van der Waals surface area (Å²) in [6.45, 7) is 4.00. The van der Waals surface area contributed by atoms with Crippen molar-refractivity contribution in [2.45, 2.75) is 21.3 Å². The van der Waals surface area contributed by atoms with Gasteiger partial charge in [0.2, 0.25) is 0 Å². The molecule has 0 amide bonds. The molecule has 0 saturated carbocycles. The molecule has 0 atom stereocenters. The number of hydrogen-bond donors (Lipinski definition) is 0. The minimum Gasteiger partial charge on any atom is -0.702 e. The van der Waals surface area contributed by atoms with Crippen molar-refractivity contribution in [3.05, 3.63) is 0 Å². The average molecular weight is 183 g/mol. The molecule has 0 aromatic carbocycles. The van der Waals surface area contributed by atoms with Gasteiger partial charge in [0.05, 0.1) is 20.1 Å². The fourth-order valence-corrected chi connectivity index (χ4v) is 1.17. The Kier molecular flexibility index (Phi) is 4.94. The molecule has 0 radical (unpaired) electrons. The highest BCUT2D eigenvalue weighted by molar-refractivity contribution is 7.79. The molecule has 4 nitrogen and oxygen atoms in total. The Morgan fingerprint density at radius 3 is 1.55 bits per heavy atom. The van der Waals surface area contributed by atoms with E-state index >= 15 is 0 Å². The van der Waals surface area contributed by atoms with E-state index in [9.17, 15) is 13.0 Å². The van der Waals surface area contributed by atoms with Crippen LogP contribution in [-0.2, 0) is 10.3 Å². The molecule has 5 heteroatoms. The van der Waals surface area contributed by atoms with Gasteiger partial charge in [-0.3, -0.25) is 0 Å². The SMILES string of the molecule is C.CC[N+](C)(CC)S(=O)(=O)[O-]. The molecule has 0 aliphatic heterocycles. The Morgan fingerprint density at radius 1 is 1.27 bits per heavy atom. The van der Waals surface area contributed by atoms with Gasteiger partial charge in [-0.05, 0) is 13.8 Å². The zero-order chi connectivity index (χ0) is 8.41. The van der Waals surface area contributed by atoms with Crippen LogP contribution in [0.25, 0.3) is 0 Å². The summed E-state index contributed by atoms with van der Waals surface area (Å²) in [5.74, 6) is 0. The van der Waals surface area contributed by atoms with Gasteiger partial charge in [0.25, 0.3) is 10.3 Å². The minimum atomic E-state index is -4.18. The van der Waals surface area contributed by atoms with Gasteiger partial charge in [-0.2, -0.15) is 8.42 Å². The van der Waals surface area contributed by atoms with E-state index in [1.54, 1.807) is 13.8 Å². The lowest BCUT2D eigenvalue weighted by Gasteiger charge is -2.32. The summed E-state index contributed by atoms with van der Waals surface area (Å²) in [7, 11) is -2.76. The predicted octanol–water partition coefficient (Wildman–Crippen LogP) is 0.569. The molecule has 0 heterocycles. The summed E-state index contributed by atoms with van der Waals surface area (Å²) in [6.07, 6.45) is 0. The Hall–Kier alpha value is -0.130. The lowest BCUT2D eigenvalue weighted by atomic mass is 10.6. The summed E-state index contributed by atoms with van der Waals surface area (Å²) in [5.41, 5.74) is 0. The largest absolute Gasteiger partial charge is 0.702 e. The molecule has 0 rings (SSSR count). The first kappa shape index (κ1) is 13.5. The molecular formula is C6H17NO3S. The van der Waals surface area contributed by atoms with Gasteiger partial charge in [-0.1, -0.05) is 7.43 Å². The zero-order valence-corrected chi connectivity index (χ0v) is 7.31. The van der Waals surface area contributed by atoms with Gasteiger partial charge in [0.1, 0.15) is 0 Å². The number of quaternary nitrogens is 1. The van der Waals surface area contributed by atoms with Crippen LogP contribution >= 0.6 is 0 Å². The van der Waals surface area contributed by atoms with Crippen molar-refractivity contribution in [1.29, 1.82) is 0 Å². The monoisotopic (exact) mass is 183 g/mol. The molecule has 0 aromatic heterocycles. The molecule has 0 fully saturated rings. The van der Waals surface area contributed by atoms with Crippen molar-refractivity contribution in [3.63, 3.8) is 0 Å². The highest BCUT2D eigenvalue weighted by atomic mass is 32.2. The first-order valence-corrected chi connectivity index (χ1v) is 4.54. The highest BCUT2D eigenvalue weighted by Crippen LogP contribution is 2.07. The standard InChI is InChI=1S/C5H13NO3S.CH4/c1-4-6(3,5-2)10(7,8)9;/h4-5H2,1-3H3;1H4. The minimum absolute atomic E-state index is 0. The quantitative estimate of drug-likeness (QED) is 0.475. The van der Waals surface area contributed by atoms with Crippen LogP contribution in [0.15, 0.2) is 0 Å². The van der Waals surface area contributed by atoms with E-state index in [-0.39, 0.29) is 7.43 Å². The third kappa shape index (κ3) is 2.76. The van der Waals surface area contributed by atoms with E-state index < -0.39 is 14.2 Å². The van der Waals surface area contributed by atoms with Crippen molar-refractivity contribution in [2.75, 3.05) is 20.1 Å². The van der Waals surface area contributed by atoms with E-state index in [2.05, 4.69) is 0 Å². The molecule has 0 aromatic rings. The van der Waals surface area contributed by atoms with Crippen LogP contribution in [0.5, 0.6) is 0 Å². The Bertz CT molecular complexity index is 194. The third-order valence-electron chi connectivity index (χ3n) is 1.88. The molecule has 11 heavy (non-hydrogen) atoms. The average Bonchev–Trinajstić information content (AvgIpc) is 1.84. The molecule has 0 spiro atoms. The van der Waals surface area contributed by atoms with Crippen molar-refractivity contribution in [2.24, 2.45) is 0 Å². The molecule has 0 bridgehead atoms. The summed E-state index contributed by atoms with van der Waals surface area (Å²) in [5, 5.41) is 0. The fraction of sp³-hybridized carbons (Fsp3) is 1.00. The smallest absolute Gasteiger partial charge is 0.254 e. The molecule has 0 aliphatic rings. The molecule has 0 aliphatic carbocycles. The summed E-state index contributed by atoms with van der Waals surface area (Å²) in [4.78, 5) is 0. The summed E-state index contributed by atoms with van der Waals surface area (Å²) >= 11 is 0. The Labute approximate surface area is 69.3 Å². The lowest BCUT2D eigenvalue weighted by molar-refractivity contribution is -0.785. The second-order valence-electron chi connectivity index (χ2n) is 2.36. The van der Waals surface area contributed by atoms with Crippen molar-refractivity contribution in [1.82, 2.24) is 0 Å². The first-order valence-electron chi connectivity index (χ1n) is 3.18. The van der Waals surface area contributed by atoms with Gasteiger partial charge in [-0.15, -0.1) is 0 Å². The van der Waals surface area contributed by atoms with Gasteiger partial charge < -0.3 is 4.55 Å². The van der Waals surface area contributed by atoms with Gasteiger partial charge in [0, 0.05) is 0 Å². The predicted molar refractivity (Wildman–Crippen MR) is 43.7 cm³/mol. The highest BCUT2D eigenvalue weighted by Gasteiger charge is 2.24. The van der Waals surface area contributed by atoms with Crippen molar-refractivity contribution >= 4 is 10.3 Å². The lowest BCUT2D eigenvalue weighted by Crippen LogP contribution is -2.48. The second kappa shape index (κ2) is 4.04. The second-order valence-corrected chi connectivity index (χ2v) is 4.09. The van der Waals surface area contributed by atoms with Crippen LogP contribution in [0.1, 0.15) is 21.3 Å². The molecular weight excluding hydrogens is 166 g/mol.